The molecule has 0 unspecified atom stereocenters. The molecule has 82 valence electrons. The zero-order valence-electron chi connectivity index (χ0n) is 8.51. The first-order chi connectivity index (χ1) is 6.43. The molecule has 1 heterocycles. The number of aliphatic hydroxyl groups is 2. The van der Waals surface area contributed by atoms with Crippen LogP contribution in [0.2, 0.25) is 0 Å². The molecule has 1 aliphatic rings. The zero-order valence-corrected chi connectivity index (χ0v) is 8.51. The summed E-state index contributed by atoms with van der Waals surface area (Å²) < 4.78 is 10.3. The van der Waals surface area contributed by atoms with E-state index in [4.69, 9.17) is 9.47 Å². The standard InChI is InChI=1S/C9H16O5/c1-4(2)13-9-7(12)6(11)8(14-9)5(3)10/h4,6-9,11-12H,1-3H3/t6-,7+,8+,9+/m0/s1. The highest BCUT2D eigenvalue weighted by molar-refractivity contribution is 5.81. The molecule has 1 rings (SSSR count). The summed E-state index contributed by atoms with van der Waals surface area (Å²) in [5.74, 6) is -0.314. The fourth-order valence-electron chi connectivity index (χ4n) is 1.36. The Labute approximate surface area is 82.6 Å². The second kappa shape index (κ2) is 4.35. The van der Waals surface area contributed by atoms with Crippen molar-refractivity contribution in [2.45, 2.75) is 51.5 Å². The average molecular weight is 204 g/mol. The van der Waals surface area contributed by atoms with Gasteiger partial charge in [-0.25, -0.2) is 0 Å². The normalized spacial score (nSPS) is 37.9. The van der Waals surface area contributed by atoms with Crippen molar-refractivity contribution in [1.29, 1.82) is 0 Å². The lowest BCUT2D eigenvalue weighted by atomic mass is 10.1. The maximum atomic E-state index is 11.0. The fraction of sp³-hybridized carbons (Fsp3) is 0.889. The summed E-state index contributed by atoms with van der Waals surface area (Å²) in [5.41, 5.74) is 0. The molecule has 5 heteroatoms. The summed E-state index contributed by atoms with van der Waals surface area (Å²) in [4.78, 5) is 11.0. The number of aliphatic hydroxyl groups excluding tert-OH is 2. The number of Topliss-reactive ketones (excluding diaryl/α,β-unsaturated/α-hetero) is 1. The summed E-state index contributed by atoms with van der Waals surface area (Å²) in [6, 6.07) is 0. The minimum absolute atomic E-state index is 0.132. The van der Waals surface area contributed by atoms with Crippen molar-refractivity contribution in [2.75, 3.05) is 0 Å². The highest BCUT2D eigenvalue weighted by Crippen LogP contribution is 2.23. The van der Waals surface area contributed by atoms with Gasteiger partial charge in [0, 0.05) is 0 Å². The van der Waals surface area contributed by atoms with Crippen molar-refractivity contribution in [3.05, 3.63) is 0 Å². The van der Waals surface area contributed by atoms with E-state index >= 15 is 0 Å². The Morgan fingerprint density at radius 3 is 2.29 bits per heavy atom. The third-order valence-electron chi connectivity index (χ3n) is 2.03. The van der Waals surface area contributed by atoms with Gasteiger partial charge in [-0.3, -0.25) is 4.79 Å². The maximum Gasteiger partial charge on any atom is 0.187 e. The van der Waals surface area contributed by atoms with Crippen LogP contribution in [-0.2, 0) is 14.3 Å². The monoisotopic (exact) mass is 204 g/mol. The molecular formula is C9H16O5. The molecule has 4 atom stereocenters. The van der Waals surface area contributed by atoms with Crippen LogP contribution in [0.4, 0.5) is 0 Å². The Hall–Kier alpha value is -0.490. The first kappa shape index (κ1) is 11.6. The van der Waals surface area contributed by atoms with E-state index in [9.17, 15) is 15.0 Å². The van der Waals surface area contributed by atoms with Crippen LogP contribution < -0.4 is 0 Å². The van der Waals surface area contributed by atoms with Gasteiger partial charge in [-0.1, -0.05) is 0 Å². The van der Waals surface area contributed by atoms with Gasteiger partial charge in [0.2, 0.25) is 0 Å². The third-order valence-corrected chi connectivity index (χ3v) is 2.03. The lowest BCUT2D eigenvalue weighted by molar-refractivity contribution is -0.185. The van der Waals surface area contributed by atoms with Gasteiger partial charge in [-0.05, 0) is 20.8 Å². The van der Waals surface area contributed by atoms with E-state index in [0.717, 1.165) is 0 Å². The Kier molecular flexibility index (Phi) is 3.60. The van der Waals surface area contributed by atoms with Crippen molar-refractivity contribution < 1.29 is 24.5 Å². The molecule has 14 heavy (non-hydrogen) atoms. The van der Waals surface area contributed by atoms with Crippen LogP contribution in [0, 0.1) is 0 Å². The van der Waals surface area contributed by atoms with Gasteiger partial charge in [-0.2, -0.15) is 0 Å². The molecule has 0 aromatic carbocycles. The van der Waals surface area contributed by atoms with Crippen LogP contribution in [0.3, 0.4) is 0 Å². The van der Waals surface area contributed by atoms with Gasteiger partial charge in [0.1, 0.15) is 18.3 Å². The molecular weight excluding hydrogens is 188 g/mol. The molecule has 0 aliphatic carbocycles. The third kappa shape index (κ3) is 2.30. The molecule has 0 amide bonds. The first-order valence-electron chi connectivity index (χ1n) is 4.61. The highest BCUT2D eigenvalue weighted by Gasteiger charge is 2.45. The Morgan fingerprint density at radius 1 is 1.36 bits per heavy atom. The van der Waals surface area contributed by atoms with Crippen LogP contribution in [-0.4, -0.2) is 46.7 Å². The number of carbonyl (C=O) groups is 1. The zero-order chi connectivity index (χ0) is 10.9. The van der Waals surface area contributed by atoms with Gasteiger partial charge in [0.25, 0.3) is 0 Å². The van der Waals surface area contributed by atoms with Crippen LogP contribution in [0.15, 0.2) is 0 Å². The Morgan fingerprint density at radius 2 is 1.93 bits per heavy atom. The minimum atomic E-state index is -1.20. The van der Waals surface area contributed by atoms with Crippen molar-refractivity contribution in [2.24, 2.45) is 0 Å². The van der Waals surface area contributed by atoms with Crippen LogP contribution >= 0.6 is 0 Å². The molecule has 0 radical (unpaired) electrons. The largest absolute Gasteiger partial charge is 0.387 e. The van der Waals surface area contributed by atoms with Gasteiger partial charge < -0.3 is 19.7 Å². The lowest BCUT2D eigenvalue weighted by Crippen LogP contribution is -2.36. The highest BCUT2D eigenvalue weighted by atomic mass is 16.7. The summed E-state index contributed by atoms with van der Waals surface area (Å²) in [6.45, 7) is 4.87. The predicted octanol–water partition coefficient (Wildman–Crippen LogP) is -0.553. The molecule has 0 aromatic heterocycles. The van der Waals surface area contributed by atoms with Crippen molar-refractivity contribution in [1.82, 2.24) is 0 Å². The maximum absolute atomic E-state index is 11.0. The number of ketones is 1. The van der Waals surface area contributed by atoms with E-state index in [-0.39, 0.29) is 11.9 Å². The molecule has 0 aromatic rings. The number of rotatable bonds is 3. The van der Waals surface area contributed by atoms with E-state index in [1.165, 1.54) is 6.92 Å². The smallest absolute Gasteiger partial charge is 0.187 e. The average Bonchev–Trinajstić information content (AvgIpc) is 2.32. The van der Waals surface area contributed by atoms with Crippen LogP contribution in [0.25, 0.3) is 0 Å². The van der Waals surface area contributed by atoms with Crippen LogP contribution in [0.1, 0.15) is 20.8 Å². The molecule has 1 fully saturated rings. The van der Waals surface area contributed by atoms with E-state index < -0.39 is 24.6 Å². The van der Waals surface area contributed by atoms with Gasteiger partial charge in [0.05, 0.1) is 6.10 Å². The molecule has 1 aliphatic heterocycles. The number of ether oxygens (including phenoxy) is 2. The minimum Gasteiger partial charge on any atom is -0.387 e. The molecule has 1 saturated heterocycles. The summed E-state index contributed by atoms with van der Waals surface area (Å²) in [7, 11) is 0. The quantitative estimate of drug-likeness (QED) is 0.645. The summed E-state index contributed by atoms with van der Waals surface area (Å²) in [6.07, 6.45) is -4.39. The number of carbonyl (C=O) groups excluding carboxylic acids is 1. The Balaban J connectivity index is 2.62. The molecule has 0 spiro atoms. The molecule has 0 bridgehead atoms. The van der Waals surface area contributed by atoms with Gasteiger partial charge in [-0.15, -0.1) is 0 Å². The summed E-state index contributed by atoms with van der Waals surface area (Å²) >= 11 is 0. The van der Waals surface area contributed by atoms with Crippen molar-refractivity contribution in [3.8, 4) is 0 Å². The first-order valence-corrected chi connectivity index (χ1v) is 4.61. The molecule has 2 N–H and O–H groups in total. The number of hydrogen-bond acceptors (Lipinski definition) is 5. The second-order valence-corrected chi connectivity index (χ2v) is 3.70. The summed E-state index contributed by atoms with van der Waals surface area (Å²) in [5, 5.41) is 18.9. The molecule has 5 nitrogen and oxygen atoms in total. The Bertz CT molecular complexity index is 215. The van der Waals surface area contributed by atoms with Gasteiger partial charge in [0.15, 0.2) is 12.1 Å². The SMILES string of the molecule is CC(=O)[C@H]1O[C@@H](OC(C)C)[C@H](O)[C@@H]1O. The van der Waals surface area contributed by atoms with E-state index in [1.807, 2.05) is 0 Å². The fourth-order valence-corrected chi connectivity index (χ4v) is 1.36. The number of hydrogen-bond donors (Lipinski definition) is 2. The topological polar surface area (TPSA) is 76.0 Å². The van der Waals surface area contributed by atoms with E-state index in [1.54, 1.807) is 13.8 Å². The molecule has 0 saturated carbocycles. The van der Waals surface area contributed by atoms with Crippen LogP contribution in [0.5, 0.6) is 0 Å². The van der Waals surface area contributed by atoms with E-state index in [0.29, 0.717) is 0 Å². The van der Waals surface area contributed by atoms with E-state index in [2.05, 4.69) is 0 Å². The van der Waals surface area contributed by atoms with Crippen molar-refractivity contribution in [3.63, 3.8) is 0 Å². The second-order valence-electron chi connectivity index (χ2n) is 3.70. The van der Waals surface area contributed by atoms with Crippen molar-refractivity contribution >= 4 is 5.78 Å². The predicted molar refractivity (Wildman–Crippen MR) is 47.6 cm³/mol. The lowest BCUT2D eigenvalue weighted by Gasteiger charge is -2.17. The van der Waals surface area contributed by atoms with Gasteiger partial charge >= 0.3 is 0 Å².